The number of aryl methyl sites for hydroxylation is 1. The summed E-state index contributed by atoms with van der Waals surface area (Å²) in [6.45, 7) is 10.0. The van der Waals surface area contributed by atoms with Gasteiger partial charge in [-0.15, -0.1) is 10.2 Å². The standard InChI is InChI=1S/C24H28N4O3/c1-6-28(15-20(29)25-24(3,4)5)23(30)19-13-11-18(12-14-19)22-27-26-21(31-22)17-9-7-16(2)8-10-17/h7-14H,6,15H2,1-5H3,(H,25,29). The van der Waals surface area contributed by atoms with Crippen molar-refractivity contribution in [2.24, 2.45) is 0 Å². The summed E-state index contributed by atoms with van der Waals surface area (Å²) in [6.07, 6.45) is 0. The number of rotatable bonds is 6. The minimum Gasteiger partial charge on any atom is -0.416 e. The van der Waals surface area contributed by atoms with Gasteiger partial charge in [-0.25, -0.2) is 0 Å². The van der Waals surface area contributed by atoms with E-state index in [1.54, 1.807) is 24.3 Å². The molecular weight excluding hydrogens is 392 g/mol. The summed E-state index contributed by atoms with van der Waals surface area (Å²) in [5.74, 6) is 0.432. The molecule has 0 saturated carbocycles. The first-order chi connectivity index (χ1) is 14.7. The van der Waals surface area contributed by atoms with Crippen molar-refractivity contribution in [3.8, 4) is 22.9 Å². The van der Waals surface area contributed by atoms with Crippen LogP contribution in [-0.2, 0) is 4.79 Å². The van der Waals surface area contributed by atoms with Gasteiger partial charge in [0.2, 0.25) is 17.7 Å². The van der Waals surface area contributed by atoms with E-state index in [0.717, 1.165) is 16.7 Å². The van der Waals surface area contributed by atoms with Crippen molar-refractivity contribution in [2.45, 2.75) is 40.2 Å². The van der Waals surface area contributed by atoms with Crippen LogP contribution in [0.1, 0.15) is 43.6 Å². The van der Waals surface area contributed by atoms with E-state index in [0.29, 0.717) is 23.9 Å². The van der Waals surface area contributed by atoms with E-state index >= 15 is 0 Å². The highest BCUT2D eigenvalue weighted by molar-refractivity contribution is 5.96. The number of amides is 2. The van der Waals surface area contributed by atoms with Crippen LogP contribution in [0.3, 0.4) is 0 Å². The molecule has 1 N–H and O–H groups in total. The first-order valence-electron chi connectivity index (χ1n) is 10.3. The van der Waals surface area contributed by atoms with E-state index in [-0.39, 0.29) is 23.9 Å². The number of hydrogen-bond donors (Lipinski definition) is 1. The summed E-state index contributed by atoms with van der Waals surface area (Å²) < 4.78 is 5.79. The van der Waals surface area contributed by atoms with Gasteiger partial charge in [0, 0.05) is 28.8 Å². The van der Waals surface area contributed by atoms with Gasteiger partial charge in [0.1, 0.15) is 0 Å². The number of hydrogen-bond acceptors (Lipinski definition) is 5. The molecule has 0 aliphatic heterocycles. The maximum absolute atomic E-state index is 12.8. The topological polar surface area (TPSA) is 88.3 Å². The van der Waals surface area contributed by atoms with E-state index in [9.17, 15) is 9.59 Å². The maximum Gasteiger partial charge on any atom is 0.254 e. The molecule has 1 aromatic heterocycles. The highest BCUT2D eigenvalue weighted by atomic mass is 16.4. The third-order valence-corrected chi connectivity index (χ3v) is 4.62. The second-order valence-electron chi connectivity index (χ2n) is 8.47. The van der Waals surface area contributed by atoms with Crippen molar-refractivity contribution in [1.82, 2.24) is 20.4 Å². The van der Waals surface area contributed by atoms with Crippen molar-refractivity contribution < 1.29 is 14.0 Å². The third-order valence-electron chi connectivity index (χ3n) is 4.62. The smallest absolute Gasteiger partial charge is 0.254 e. The van der Waals surface area contributed by atoms with Crippen LogP contribution in [0.2, 0.25) is 0 Å². The Morgan fingerprint density at radius 1 is 0.935 bits per heavy atom. The molecule has 0 saturated heterocycles. The monoisotopic (exact) mass is 420 g/mol. The Morgan fingerprint density at radius 3 is 1.94 bits per heavy atom. The summed E-state index contributed by atoms with van der Waals surface area (Å²) in [7, 11) is 0. The summed E-state index contributed by atoms with van der Waals surface area (Å²) in [6, 6.07) is 14.8. The molecule has 3 aromatic rings. The molecule has 2 aromatic carbocycles. The lowest BCUT2D eigenvalue weighted by molar-refractivity contribution is -0.123. The number of aromatic nitrogens is 2. The Morgan fingerprint density at radius 2 is 1.45 bits per heavy atom. The Kier molecular flexibility index (Phi) is 6.53. The van der Waals surface area contributed by atoms with Gasteiger partial charge in [-0.1, -0.05) is 17.7 Å². The lowest BCUT2D eigenvalue weighted by Crippen LogP contribution is -2.47. The van der Waals surface area contributed by atoms with Gasteiger partial charge in [0.25, 0.3) is 5.91 Å². The number of nitrogens with one attached hydrogen (secondary N) is 1. The van der Waals surface area contributed by atoms with E-state index < -0.39 is 0 Å². The van der Waals surface area contributed by atoms with E-state index in [1.165, 1.54) is 4.90 Å². The van der Waals surface area contributed by atoms with Crippen LogP contribution in [0.25, 0.3) is 22.9 Å². The number of carbonyl (C=O) groups excluding carboxylic acids is 2. The molecule has 0 fully saturated rings. The van der Waals surface area contributed by atoms with Crippen LogP contribution in [0.15, 0.2) is 52.9 Å². The molecule has 2 amide bonds. The molecule has 0 atom stereocenters. The second kappa shape index (κ2) is 9.12. The molecule has 7 heteroatoms. The first-order valence-corrected chi connectivity index (χ1v) is 10.3. The molecule has 0 spiro atoms. The molecule has 31 heavy (non-hydrogen) atoms. The molecule has 0 aliphatic carbocycles. The minimum atomic E-state index is -0.345. The van der Waals surface area contributed by atoms with E-state index in [4.69, 9.17) is 4.42 Å². The Balaban J connectivity index is 1.71. The molecule has 0 bridgehead atoms. The summed E-state index contributed by atoms with van der Waals surface area (Å²) in [5, 5.41) is 11.1. The summed E-state index contributed by atoms with van der Waals surface area (Å²) >= 11 is 0. The van der Waals surface area contributed by atoms with Crippen LogP contribution in [0.4, 0.5) is 0 Å². The zero-order valence-corrected chi connectivity index (χ0v) is 18.6. The minimum absolute atomic E-state index is 0.0118. The zero-order valence-electron chi connectivity index (χ0n) is 18.6. The van der Waals surface area contributed by atoms with Crippen LogP contribution in [0, 0.1) is 6.92 Å². The number of carbonyl (C=O) groups is 2. The summed E-state index contributed by atoms with van der Waals surface area (Å²) in [5.41, 5.74) is 2.87. The highest BCUT2D eigenvalue weighted by Gasteiger charge is 2.21. The largest absolute Gasteiger partial charge is 0.416 e. The van der Waals surface area contributed by atoms with E-state index in [2.05, 4.69) is 15.5 Å². The van der Waals surface area contributed by atoms with Gasteiger partial charge < -0.3 is 14.6 Å². The van der Waals surface area contributed by atoms with Gasteiger partial charge in [-0.2, -0.15) is 0 Å². The molecule has 3 rings (SSSR count). The van der Waals surface area contributed by atoms with E-state index in [1.807, 2.05) is 58.9 Å². The number of likely N-dealkylation sites (N-methyl/N-ethyl adjacent to an activating group) is 1. The van der Waals surface area contributed by atoms with Gasteiger partial charge in [0.05, 0.1) is 6.54 Å². The fraction of sp³-hybridized carbons (Fsp3) is 0.333. The van der Waals surface area contributed by atoms with Crippen LogP contribution in [-0.4, -0.2) is 45.5 Å². The Labute approximate surface area is 182 Å². The molecule has 0 aliphatic rings. The number of nitrogens with zero attached hydrogens (tertiary/aromatic N) is 3. The second-order valence-corrected chi connectivity index (χ2v) is 8.47. The van der Waals surface area contributed by atoms with Gasteiger partial charge in [-0.3, -0.25) is 9.59 Å². The van der Waals surface area contributed by atoms with Gasteiger partial charge >= 0.3 is 0 Å². The maximum atomic E-state index is 12.8. The Bertz CT molecular complexity index is 1050. The van der Waals surface area contributed by atoms with Crippen molar-refractivity contribution in [3.05, 3.63) is 59.7 Å². The van der Waals surface area contributed by atoms with Crippen molar-refractivity contribution in [3.63, 3.8) is 0 Å². The quantitative estimate of drug-likeness (QED) is 0.649. The fourth-order valence-corrected chi connectivity index (χ4v) is 3.05. The van der Waals surface area contributed by atoms with Crippen molar-refractivity contribution >= 4 is 11.8 Å². The highest BCUT2D eigenvalue weighted by Crippen LogP contribution is 2.24. The van der Waals surface area contributed by atoms with Gasteiger partial charge in [0.15, 0.2) is 0 Å². The Hall–Kier alpha value is -3.48. The third kappa shape index (κ3) is 5.78. The molecule has 1 heterocycles. The van der Waals surface area contributed by atoms with Gasteiger partial charge in [-0.05, 0) is 71.0 Å². The van der Waals surface area contributed by atoms with Crippen LogP contribution in [0.5, 0.6) is 0 Å². The molecule has 0 radical (unpaired) electrons. The average Bonchev–Trinajstić information content (AvgIpc) is 3.21. The predicted octanol–water partition coefficient (Wildman–Crippen LogP) is 4.09. The summed E-state index contributed by atoms with van der Waals surface area (Å²) in [4.78, 5) is 26.6. The lowest BCUT2D eigenvalue weighted by Gasteiger charge is -2.25. The average molecular weight is 421 g/mol. The molecule has 7 nitrogen and oxygen atoms in total. The van der Waals surface area contributed by atoms with Crippen LogP contribution < -0.4 is 5.32 Å². The molecule has 162 valence electrons. The lowest BCUT2D eigenvalue weighted by atomic mass is 10.1. The molecule has 0 unspecified atom stereocenters. The zero-order chi connectivity index (χ0) is 22.6. The SMILES string of the molecule is CCN(CC(=O)NC(C)(C)C)C(=O)c1ccc(-c2nnc(-c3ccc(C)cc3)o2)cc1. The first kappa shape index (κ1) is 22.2. The van der Waals surface area contributed by atoms with Crippen molar-refractivity contribution in [1.29, 1.82) is 0 Å². The van der Waals surface area contributed by atoms with Crippen molar-refractivity contribution in [2.75, 3.05) is 13.1 Å². The molecular formula is C24H28N4O3. The number of benzene rings is 2. The van der Waals surface area contributed by atoms with Crippen LogP contribution >= 0.6 is 0 Å². The fourth-order valence-electron chi connectivity index (χ4n) is 3.05. The predicted molar refractivity (Wildman–Crippen MR) is 119 cm³/mol. The normalized spacial score (nSPS) is 11.3.